The summed E-state index contributed by atoms with van der Waals surface area (Å²) in [6.07, 6.45) is 1.66. The molecule has 118 valence electrons. The Morgan fingerprint density at radius 1 is 1.10 bits per heavy atom. The van der Waals surface area contributed by atoms with E-state index in [1.54, 1.807) is 4.31 Å². The summed E-state index contributed by atoms with van der Waals surface area (Å²) in [5.74, 6) is 0.278. The van der Waals surface area contributed by atoms with E-state index in [9.17, 15) is 8.42 Å². The van der Waals surface area contributed by atoms with Gasteiger partial charge in [-0.2, -0.15) is 4.31 Å². The zero-order chi connectivity index (χ0) is 15.3. The zero-order valence-electron chi connectivity index (χ0n) is 12.5. The fraction of sp³-hybridized carbons (Fsp3) is 0.600. The summed E-state index contributed by atoms with van der Waals surface area (Å²) in [6.45, 7) is 5.63. The highest BCUT2D eigenvalue weighted by Gasteiger charge is 2.26. The van der Waals surface area contributed by atoms with Gasteiger partial charge in [-0.15, -0.1) is 0 Å². The zero-order valence-corrected chi connectivity index (χ0v) is 14.0. The van der Waals surface area contributed by atoms with Gasteiger partial charge in [0.15, 0.2) is 0 Å². The third-order valence-electron chi connectivity index (χ3n) is 3.80. The average Bonchev–Trinajstić information content (AvgIpc) is 2.48. The molecule has 1 fully saturated rings. The number of unbranched alkanes of at least 4 members (excludes halogenated alkanes) is 1. The lowest BCUT2D eigenvalue weighted by Gasteiger charge is -2.34. The van der Waals surface area contributed by atoms with Crippen molar-refractivity contribution in [2.75, 3.05) is 31.9 Å². The first-order valence-corrected chi connectivity index (χ1v) is 9.44. The molecule has 1 aromatic rings. The van der Waals surface area contributed by atoms with Crippen LogP contribution < -0.4 is 0 Å². The first-order chi connectivity index (χ1) is 10.0. The maximum absolute atomic E-state index is 12.1. The first-order valence-electron chi connectivity index (χ1n) is 7.46. The predicted molar refractivity (Wildman–Crippen MR) is 87.0 cm³/mol. The van der Waals surface area contributed by atoms with Crippen molar-refractivity contribution in [3.8, 4) is 0 Å². The highest BCUT2D eigenvalue weighted by atomic mass is 35.5. The second-order valence-corrected chi connectivity index (χ2v) is 8.00. The second kappa shape index (κ2) is 7.58. The molecular formula is C15H23ClN2O2S. The smallest absolute Gasteiger partial charge is 0.214 e. The van der Waals surface area contributed by atoms with Gasteiger partial charge in [0.1, 0.15) is 0 Å². The summed E-state index contributed by atoms with van der Waals surface area (Å²) in [7, 11) is -3.06. The largest absolute Gasteiger partial charge is 0.296 e. The van der Waals surface area contributed by atoms with Crippen LogP contribution in [0.25, 0.3) is 0 Å². The molecule has 0 atom stereocenters. The van der Waals surface area contributed by atoms with Gasteiger partial charge in [-0.05, 0) is 24.1 Å². The predicted octanol–water partition coefficient (Wildman–Crippen LogP) is 2.59. The molecule has 4 nitrogen and oxygen atoms in total. The van der Waals surface area contributed by atoms with Crippen molar-refractivity contribution < 1.29 is 8.42 Å². The topological polar surface area (TPSA) is 40.6 Å². The maximum atomic E-state index is 12.1. The van der Waals surface area contributed by atoms with E-state index in [1.165, 1.54) is 5.56 Å². The molecule has 0 unspecified atom stereocenters. The minimum Gasteiger partial charge on any atom is -0.296 e. The van der Waals surface area contributed by atoms with Crippen LogP contribution in [0, 0.1) is 0 Å². The number of sulfonamides is 1. The van der Waals surface area contributed by atoms with E-state index in [0.29, 0.717) is 13.1 Å². The highest BCUT2D eigenvalue weighted by molar-refractivity contribution is 7.89. The maximum Gasteiger partial charge on any atom is 0.214 e. The van der Waals surface area contributed by atoms with Crippen molar-refractivity contribution in [2.45, 2.75) is 26.3 Å². The Hall–Kier alpha value is -0.620. The lowest BCUT2D eigenvalue weighted by Crippen LogP contribution is -2.48. The molecular weight excluding hydrogens is 308 g/mol. The Morgan fingerprint density at radius 2 is 1.71 bits per heavy atom. The minimum atomic E-state index is -3.06. The number of halogens is 1. The van der Waals surface area contributed by atoms with Gasteiger partial charge in [-0.1, -0.05) is 37.1 Å². The van der Waals surface area contributed by atoms with E-state index in [4.69, 9.17) is 11.6 Å². The summed E-state index contributed by atoms with van der Waals surface area (Å²) in [4.78, 5) is 2.29. The molecule has 0 aliphatic carbocycles. The summed E-state index contributed by atoms with van der Waals surface area (Å²) in [5, 5.41) is 0.741. The SMILES string of the molecule is CCCCS(=O)(=O)N1CCN(Cc2ccc(Cl)cc2)CC1. The number of hydrogen-bond donors (Lipinski definition) is 0. The average molecular weight is 331 g/mol. The van der Waals surface area contributed by atoms with Crippen molar-refractivity contribution >= 4 is 21.6 Å². The van der Waals surface area contributed by atoms with Crippen molar-refractivity contribution in [1.82, 2.24) is 9.21 Å². The Bertz CT molecular complexity index is 537. The third-order valence-corrected chi connectivity index (χ3v) is 6.01. The van der Waals surface area contributed by atoms with E-state index in [-0.39, 0.29) is 5.75 Å². The number of piperazine rings is 1. The van der Waals surface area contributed by atoms with Crippen molar-refractivity contribution in [3.63, 3.8) is 0 Å². The van der Waals surface area contributed by atoms with E-state index in [2.05, 4.69) is 4.90 Å². The normalized spacial score (nSPS) is 18.0. The van der Waals surface area contributed by atoms with Crippen LogP contribution in [-0.2, 0) is 16.6 Å². The number of hydrogen-bond acceptors (Lipinski definition) is 3. The van der Waals surface area contributed by atoms with Crippen molar-refractivity contribution in [2.24, 2.45) is 0 Å². The summed E-state index contributed by atoms with van der Waals surface area (Å²) >= 11 is 5.88. The molecule has 1 aliphatic rings. The van der Waals surface area contributed by atoms with Crippen molar-refractivity contribution in [3.05, 3.63) is 34.9 Å². The Kier molecular flexibility index (Phi) is 6.05. The van der Waals surface area contributed by atoms with E-state index in [0.717, 1.165) is 37.5 Å². The Labute approximate surface area is 132 Å². The lowest BCUT2D eigenvalue weighted by atomic mass is 10.2. The minimum absolute atomic E-state index is 0.278. The summed E-state index contributed by atoms with van der Waals surface area (Å²) in [6, 6.07) is 7.82. The number of nitrogens with zero attached hydrogens (tertiary/aromatic N) is 2. The quantitative estimate of drug-likeness (QED) is 0.805. The molecule has 1 aliphatic heterocycles. The lowest BCUT2D eigenvalue weighted by molar-refractivity contribution is 0.181. The van der Waals surface area contributed by atoms with Gasteiger partial charge in [-0.3, -0.25) is 4.90 Å². The standard InChI is InChI=1S/C15H23ClN2O2S/c1-2-3-12-21(19,20)18-10-8-17(9-11-18)13-14-4-6-15(16)7-5-14/h4-7H,2-3,8-13H2,1H3. The molecule has 0 N–H and O–H groups in total. The second-order valence-electron chi connectivity index (χ2n) is 5.47. The summed E-state index contributed by atoms with van der Waals surface area (Å²) < 4.78 is 25.9. The third kappa shape index (κ3) is 4.95. The molecule has 0 spiro atoms. The van der Waals surface area contributed by atoms with Crippen LogP contribution in [0.15, 0.2) is 24.3 Å². The van der Waals surface area contributed by atoms with Gasteiger partial charge in [0, 0.05) is 37.7 Å². The summed E-state index contributed by atoms with van der Waals surface area (Å²) in [5.41, 5.74) is 1.21. The van der Waals surface area contributed by atoms with E-state index in [1.807, 2.05) is 31.2 Å². The fourth-order valence-electron chi connectivity index (χ4n) is 2.47. The van der Waals surface area contributed by atoms with Crippen LogP contribution >= 0.6 is 11.6 Å². The van der Waals surface area contributed by atoms with E-state index < -0.39 is 10.0 Å². The molecule has 1 saturated heterocycles. The van der Waals surface area contributed by atoms with Gasteiger partial charge in [0.25, 0.3) is 0 Å². The number of rotatable bonds is 6. The van der Waals surface area contributed by atoms with Gasteiger partial charge < -0.3 is 0 Å². The molecule has 1 heterocycles. The Morgan fingerprint density at radius 3 is 2.29 bits per heavy atom. The van der Waals surface area contributed by atoms with Gasteiger partial charge >= 0.3 is 0 Å². The van der Waals surface area contributed by atoms with Gasteiger partial charge in [0.2, 0.25) is 10.0 Å². The monoisotopic (exact) mass is 330 g/mol. The van der Waals surface area contributed by atoms with Crippen LogP contribution in [-0.4, -0.2) is 49.6 Å². The molecule has 1 aromatic carbocycles. The molecule has 21 heavy (non-hydrogen) atoms. The molecule has 2 rings (SSSR count). The van der Waals surface area contributed by atoms with Gasteiger partial charge in [0.05, 0.1) is 5.75 Å². The van der Waals surface area contributed by atoms with Crippen LogP contribution in [0.1, 0.15) is 25.3 Å². The Balaban J connectivity index is 1.84. The molecule has 0 saturated carbocycles. The number of benzene rings is 1. The molecule has 0 amide bonds. The molecule has 0 radical (unpaired) electrons. The first kappa shape index (κ1) is 16.7. The van der Waals surface area contributed by atoms with Crippen LogP contribution in [0.5, 0.6) is 0 Å². The molecule has 0 aromatic heterocycles. The van der Waals surface area contributed by atoms with Crippen LogP contribution in [0.4, 0.5) is 0 Å². The van der Waals surface area contributed by atoms with Crippen LogP contribution in [0.2, 0.25) is 5.02 Å². The van der Waals surface area contributed by atoms with Gasteiger partial charge in [-0.25, -0.2) is 8.42 Å². The van der Waals surface area contributed by atoms with Crippen LogP contribution in [0.3, 0.4) is 0 Å². The molecule has 0 bridgehead atoms. The van der Waals surface area contributed by atoms with E-state index >= 15 is 0 Å². The highest BCUT2D eigenvalue weighted by Crippen LogP contribution is 2.14. The molecule has 6 heteroatoms. The van der Waals surface area contributed by atoms with Crippen molar-refractivity contribution in [1.29, 1.82) is 0 Å². The fourth-order valence-corrected chi connectivity index (χ4v) is 4.23.